The van der Waals surface area contributed by atoms with E-state index in [4.69, 9.17) is 0 Å². The zero-order chi connectivity index (χ0) is 13.5. The lowest BCUT2D eigenvalue weighted by molar-refractivity contribution is 1.18. The van der Waals surface area contributed by atoms with Crippen LogP contribution >= 0.6 is 0 Å². The molecule has 0 aromatic heterocycles. The first-order chi connectivity index (χ1) is 9.83. The fourth-order valence-corrected chi connectivity index (χ4v) is 3.50. The normalized spacial score (nSPS) is 15.7. The smallest absolute Gasteiger partial charge is 0.00197 e. The Hall–Kier alpha value is -2.08. The Morgan fingerprint density at radius 3 is 2.65 bits per heavy atom. The highest BCUT2D eigenvalue weighted by molar-refractivity contribution is 5.77. The molecule has 0 amide bonds. The van der Waals surface area contributed by atoms with E-state index in [1.165, 1.54) is 39.0 Å². The summed E-state index contributed by atoms with van der Waals surface area (Å²) >= 11 is 0. The van der Waals surface area contributed by atoms with Crippen LogP contribution in [0.4, 0.5) is 0 Å². The maximum Gasteiger partial charge on any atom is -0.00197 e. The van der Waals surface area contributed by atoms with Crippen molar-refractivity contribution in [2.45, 2.75) is 26.2 Å². The molecule has 2 aliphatic carbocycles. The molecule has 0 fully saturated rings. The highest BCUT2D eigenvalue weighted by Gasteiger charge is 2.18. The van der Waals surface area contributed by atoms with Crippen molar-refractivity contribution in [3.8, 4) is 0 Å². The number of fused-ring (bicyclic) bond motifs is 2. The van der Waals surface area contributed by atoms with Crippen LogP contribution in [0, 0.1) is 0 Å². The lowest BCUT2D eigenvalue weighted by atomic mass is 9.93. The van der Waals surface area contributed by atoms with Crippen molar-refractivity contribution in [1.82, 2.24) is 0 Å². The van der Waals surface area contributed by atoms with Gasteiger partial charge in [0, 0.05) is 0 Å². The molecule has 0 nitrogen and oxygen atoms in total. The minimum absolute atomic E-state index is 1.07. The van der Waals surface area contributed by atoms with E-state index in [1.807, 2.05) is 0 Å². The summed E-state index contributed by atoms with van der Waals surface area (Å²) in [5.74, 6) is 0. The summed E-state index contributed by atoms with van der Waals surface area (Å²) in [4.78, 5) is 0. The molecular weight excluding hydrogens is 240 g/mol. The maximum absolute atomic E-state index is 2.40. The molecule has 0 heteroatoms. The van der Waals surface area contributed by atoms with E-state index < -0.39 is 0 Å². The Morgan fingerprint density at radius 1 is 0.850 bits per heavy atom. The van der Waals surface area contributed by atoms with Gasteiger partial charge in [0.25, 0.3) is 0 Å². The summed E-state index contributed by atoms with van der Waals surface area (Å²) in [5.41, 5.74) is 10.3. The number of benzene rings is 2. The van der Waals surface area contributed by atoms with Crippen LogP contribution in [0.25, 0.3) is 11.1 Å². The van der Waals surface area contributed by atoms with Crippen molar-refractivity contribution in [1.29, 1.82) is 0 Å². The predicted octanol–water partition coefficient (Wildman–Crippen LogP) is 4.83. The lowest BCUT2D eigenvalue weighted by Crippen LogP contribution is -1.96. The van der Waals surface area contributed by atoms with Crippen LogP contribution in [0.1, 0.15) is 34.7 Å². The molecule has 0 heterocycles. The fourth-order valence-electron chi connectivity index (χ4n) is 3.50. The molecule has 0 saturated carbocycles. The topological polar surface area (TPSA) is 0 Å². The molecule has 2 aromatic rings. The van der Waals surface area contributed by atoms with Gasteiger partial charge in [0.05, 0.1) is 0 Å². The largest absolute Gasteiger partial charge is 0.0766 e. The van der Waals surface area contributed by atoms with Gasteiger partial charge >= 0.3 is 0 Å². The molecule has 0 bridgehead atoms. The Kier molecular flexibility index (Phi) is 2.63. The Balaban J connectivity index is 1.70. The second-order valence-electron chi connectivity index (χ2n) is 5.80. The van der Waals surface area contributed by atoms with Crippen LogP contribution in [0.15, 0.2) is 54.6 Å². The van der Waals surface area contributed by atoms with E-state index in [0.29, 0.717) is 0 Å². The molecule has 2 aromatic carbocycles. The van der Waals surface area contributed by atoms with Crippen LogP contribution in [0.5, 0.6) is 0 Å². The van der Waals surface area contributed by atoms with Gasteiger partial charge in [-0.1, -0.05) is 54.6 Å². The molecule has 0 atom stereocenters. The molecule has 0 aliphatic heterocycles. The first-order valence-corrected chi connectivity index (χ1v) is 7.38. The van der Waals surface area contributed by atoms with Crippen LogP contribution in [-0.2, 0) is 19.3 Å². The van der Waals surface area contributed by atoms with E-state index in [2.05, 4.69) is 61.5 Å². The van der Waals surface area contributed by atoms with Crippen LogP contribution in [-0.4, -0.2) is 0 Å². The zero-order valence-electron chi connectivity index (χ0n) is 11.8. The predicted molar refractivity (Wildman–Crippen MR) is 85.6 cm³/mol. The van der Waals surface area contributed by atoms with Crippen molar-refractivity contribution < 1.29 is 0 Å². The van der Waals surface area contributed by atoms with Crippen molar-refractivity contribution in [3.63, 3.8) is 0 Å². The average Bonchev–Trinajstić information content (AvgIpc) is 3.05. The summed E-state index contributed by atoms with van der Waals surface area (Å²) in [6.07, 6.45) is 8.02. The fraction of sp³-hybridized carbons (Fsp3) is 0.200. The first-order valence-electron chi connectivity index (χ1n) is 7.38. The van der Waals surface area contributed by atoms with E-state index in [-0.39, 0.29) is 0 Å². The van der Waals surface area contributed by atoms with Gasteiger partial charge in [-0.05, 0) is 65.1 Å². The number of hydrogen-bond acceptors (Lipinski definition) is 0. The summed E-state index contributed by atoms with van der Waals surface area (Å²) < 4.78 is 0. The second kappa shape index (κ2) is 4.49. The Bertz CT molecular complexity index is 744. The summed E-state index contributed by atoms with van der Waals surface area (Å²) in [5, 5.41) is 0. The summed E-state index contributed by atoms with van der Waals surface area (Å²) in [6.45, 7) is 2.22. The number of allylic oxidation sites excluding steroid dienone is 4. The molecular formula is C20H18. The minimum atomic E-state index is 1.07. The third kappa shape index (κ3) is 1.76. The number of rotatable bonds is 2. The SMILES string of the molecule is CC1=CCc2c(CC3=CCc4ccccc43)cccc21. The standard InChI is InChI=1S/C20H18/c1-14-9-12-20-16(6-4-8-18(14)20)13-17-11-10-15-5-2-3-7-19(15)17/h2-9,11H,10,12-13H2,1H3. The molecule has 0 N–H and O–H groups in total. The van der Waals surface area contributed by atoms with Crippen LogP contribution in [0.3, 0.4) is 0 Å². The maximum atomic E-state index is 2.40. The van der Waals surface area contributed by atoms with E-state index in [9.17, 15) is 0 Å². The van der Waals surface area contributed by atoms with Gasteiger partial charge < -0.3 is 0 Å². The molecule has 0 saturated heterocycles. The molecule has 20 heavy (non-hydrogen) atoms. The van der Waals surface area contributed by atoms with Gasteiger partial charge in [-0.25, -0.2) is 0 Å². The lowest BCUT2D eigenvalue weighted by Gasteiger charge is -2.11. The van der Waals surface area contributed by atoms with Gasteiger partial charge in [-0.15, -0.1) is 0 Å². The van der Waals surface area contributed by atoms with Crippen LogP contribution < -0.4 is 0 Å². The van der Waals surface area contributed by atoms with E-state index in [1.54, 1.807) is 0 Å². The average molecular weight is 258 g/mol. The van der Waals surface area contributed by atoms with E-state index >= 15 is 0 Å². The molecule has 0 radical (unpaired) electrons. The van der Waals surface area contributed by atoms with Crippen molar-refractivity contribution >= 4 is 11.1 Å². The third-order valence-electron chi connectivity index (χ3n) is 4.62. The van der Waals surface area contributed by atoms with Crippen LogP contribution in [0.2, 0.25) is 0 Å². The summed E-state index contributed by atoms with van der Waals surface area (Å²) in [6, 6.07) is 15.6. The summed E-state index contributed by atoms with van der Waals surface area (Å²) in [7, 11) is 0. The zero-order valence-corrected chi connectivity index (χ0v) is 11.8. The van der Waals surface area contributed by atoms with Crippen molar-refractivity contribution in [2.24, 2.45) is 0 Å². The van der Waals surface area contributed by atoms with Crippen molar-refractivity contribution in [2.75, 3.05) is 0 Å². The van der Waals surface area contributed by atoms with Gasteiger partial charge in [0.2, 0.25) is 0 Å². The highest BCUT2D eigenvalue weighted by Crippen LogP contribution is 2.34. The third-order valence-corrected chi connectivity index (χ3v) is 4.62. The first kappa shape index (κ1) is 11.7. The van der Waals surface area contributed by atoms with E-state index in [0.717, 1.165) is 19.3 Å². The molecule has 98 valence electrons. The van der Waals surface area contributed by atoms with Gasteiger partial charge in [-0.3, -0.25) is 0 Å². The molecule has 0 spiro atoms. The van der Waals surface area contributed by atoms with Gasteiger partial charge in [-0.2, -0.15) is 0 Å². The monoisotopic (exact) mass is 258 g/mol. The minimum Gasteiger partial charge on any atom is -0.0766 e. The highest BCUT2D eigenvalue weighted by atomic mass is 14.2. The van der Waals surface area contributed by atoms with Gasteiger partial charge in [0.1, 0.15) is 0 Å². The molecule has 0 unspecified atom stereocenters. The quantitative estimate of drug-likeness (QED) is 0.724. The second-order valence-corrected chi connectivity index (χ2v) is 5.80. The number of hydrogen-bond donors (Lipinski definition) is 0. The van der Waals surface area contributed by atoms with Crippen molar-refractivity contribution in [3.05, 3.63) is 82.4 Å². The van der Waals surface area contributed by atoms with Gasteiger partial charge in [0.15, 0.2) is 0 Å². The molecule has 4 rings (SSSR count). The Labute approximate surface area is 120 Å². The Morgan fingerprint density at radius 2 is 1.70 bits per heavy atom. The molecule has 2 aliphatic rings.